The van der Waals surface area contributed by atoms with E-state index in [4.69, 9.17) is 0 Å². The highest BCUT2D eigenvalue weighted by molar-refractivity contribution is 5.81. The lowest BCUT2D eigenvalue weighted by Gasteiger charge is -1.91. The number of hydrogen-bond donors (Lipinski definition) is 0. The van der Waals surface area contributed by atoms with Crippen molar-refractivity contribution in [3.05, 3.63) is 0 Å². The summed E-state index contributed by atoms with van der Waals surface area (Å²) in [5, 5.41) is -2.51. The fourth-order valence-electron chi connectivity index (χ4n) is 0.0958. The minimum absolute atomic E-state index is 2.51. The topological polar surface area (TPSA) is 23.0 Å². The van der Waals surface area contributed by atoms with Crippen LogP contribution in [-0.2, 0) is 4.79 Å². The molecule has 7 heteroatoms. The number of rotatable bonds is 0. The molecule has 53 valence electrons. The van der Waals surface area contributed by atoms with E-state index in [1.807, 2.05) is 0 Å². The van der Waals surface area contributed by atoms with Crippen LogP contribution < -0.4 is 5.34 Å². The molecule has 0 aromatic carbocycles. The molecular weight excluding hydrogens is 149 g/mol. The molecule has 0 saturated carbocycles. The van der Waals surface area contributed by atoms with Gasteiger partial charge >= 0.3 is 17.4 Å². The Morgan fingerprint density at radius 3 is 1.56 bits per heavy atom. The number of alkyl halides is 3. The van der Waals surface area contributed by atoms with Crippen LogP contribution in [0.15, 0.2) is 0 Å². The zero-order valence-corrected chi connectivity index (χ0v) is 3.75. The smallest absolute Gasteiger partial charge is 0.206 e. The van der Waals surface area contributed by atoms with Crippen molar-refractivity contribution in [3.8, 4) is 0 Å². The van der Waals surface area contributed by atoms with E-state index >= 15 is 0 Å². The molecule has 9 heavy (non-hydrogen) atoms. The summed E-state index contributed by atoms with van der Waals surface area (Å²) in [6.07, 6.45) is -5.48. The Morgan fingerprint density at radius 2 is 1.56 bits per heavy atom. The summed E-state index contributed by atoms with van der Waals surface area (Å²) in [6, 6.07) is 0. The highest BCUT2D eigenvalue weighted by Crippen LogP contribution is 2.17. The summed E-state index contributed by atoms with van der Waals surface area (Å²) < 4.78 is 53.9. The van der Waals surface area contributed by atoms with E-state index in [0.717, 1.165) is 0 Å². The summed E-state index contributed by atoms with van der Waals surface area (Å²) in [5.74, 6) is -3.16. The SMILES string of the molecule is O=C([N+](F)F)C(F)(F)F. The van der Waals surface area contributed by atoms with Crippen molar-refractivity contribution in [2.75, 3.05) is 0 Å². The number of amides is 1. The first-order valence-electron chi connectivity index (χ1n) is 1.58. The third-order valence-electron chi connectivity index (χ3n) is 0.396. The largest absolute Gasteiger partial charge is 0.558 e. The number of nitrogens with zero attached hydrogens (tertiary/aromatic N) is 1. The predicted octanol–water partition coefficient (Wildman–Crippen LogP) is 0.984. The summed E-state index contributed by atoms with van der Waals surface area (Å²) in [6.45, 7) is 0. The van der Waals surface area contributed by atoms with Crippen molar-refractivity contribution in [2.45, 2.75) is 6.18 Å². The second-order valence-electron chi connectivity index (χ2n) is 1.04. The Morgan fingerprint density at radius 1 is 1.22 bits per heavy atom. The molecule has 0 aliphatic rings. The molecule has 0 heterocycles. The maximum Gasteiger partial charge on any atom is 0.558 e. The van der Waals surface area contributed by atoms with Crippen molar-refractivity contribution in [1.29, 1.82) is 0 Å². The van der Waals surface area contributed by atoms with Gasteiger partial charge in [0.1, 0.15) is 8.96 Å². The van der Waals surface area contributed by atoms with E-state index in [1.165, 1.54) is 0 Å². The lowest BCUT2D eigenvalue weighted by atomic mass is 10.6. The zero-order chi connectivity index (χ0) is 7.65. The van der Waals surface area contributed by atoms with Crippen molar-refractivity contribution in [2.24, 2.45) is 0 Å². The zero-order valence-electron chi connectivity index (χ0n) is 3.75. The van der Waals surface area contributed by atoms with Crippen molar-refractivity contribution in [3.63, 3.8) is 0 Å². The Balaban J connectivity index is 4.06. The van der Waals surface area contributed by atoms with E-state index in [-0.39, 0.29) is 0 Å². The highest BCUT2D eigenvalue weighted by atomic mass is 19.4. The molecule has 0 N–H and O–H groups in total. The first-order valence-corrected chi connectivity index (χ1v) is 1.58. The van der Waals surface area contributed by atoms with Gasteiger partial charge in [0.2, 0.25) is 0 Å². The molecule has 0 unspecified atom stereocenters. The first-order chi connectivity index (χ1) is 3.85. The maximum atomic E-state index is 10.8. The van der Waals surface area contributed by atoms with Crippen LogP contribution in [0.3, 0.4) is 0 Å². The van der Waals surface area contributed by atoms with Gasteiger partial charge in [-0.2, -0.15) is 13.2 Å². The molecule has 0 saturated heterocycles. The fraction of sp³-hybridized carbons (Fsp3) is 0.500. The van der Waals surface area contributed by atoms with Gasteiger partial charge in [0.25, 0.3) is 0 Å². The lowest BCUT2D eigenvalue weighted by molar-refractivity contribution is -0.204. The number of hydrogen-bond acceptors (Lipinski definition) is 1. The van der Waals surface area contributed by atoms with Crippen LogP contribution in [0.1, 0.15) is 0 Å². The van der Waals surface area contributed by atoms with Gasteiger partial charge in [-0.05, 0) is 0 Å². The van der Waals surface area contributed by atoms with Crippen LogP contribution >= 0.6 is 0 Å². The molecule has 0 aliphatic carbocycles. The van der Waals surface area contributed by atoms with Crippen LogP contribution in [-0.4, -0.2) is 12.1 Å². The van der Waals surface area contributed by atoms with Gasteiger partial charge in [-0.1, -0.05) is 0 Å². The van der Waals surface area contributed by atoms with E-state index < -0.39 is 17.4 Å². The Bertz CT molecular complexity index is 117. The minimum Gasteiger partial charge on any atom is -0.206 e. The summed E-state index contributed by atoms with van der Waals surface area (Å²) >= 11 is 0. The van der Waals surface area contributed by atoms with Gasteiger partial charge in [-0.25, -0.2) is 4.79 Å². The number of halogens is 5. The van der Waals surface area contributed by atoms with Gasteiger partial charge in [0, 0.05) is 0 Å². The van der Waals surface area contributed by atoms with Crippen molar-refractivity contribution >= 4 is 5.91 Å². The van der Waals surface area contributed by atoms with E-state index in [2.05, 4.69) is 0 Å². The molecule has 0 bridgehead atoms. The van der Waals surface area contributed by atoms with Gasteiger partial charge < -0.3 is 0 Å². The van der Waals surface area contributed by atoms with Gasteiger partial charge in [-0.15, -0.1) is 0 Å². The maximum absolute atomic E-state index is 10.8. The molecule has 2 nitrogen and oxygen atoms in total. The van der Waals surface area contributed by atoms with E-state index in [0.29, 0.717) is 0 Å². The van der Waals surface area contributed by atoms with Crippen LogP contribution in [0.2, 0.25) is 0 Å². The Labute approximate surface area is 45.7 Å². The third-order valence-corrected chi connectivity index (χ3v) is 0.396. The van der Waals surface area contributed by atoms with E-state index in [1.54, 1.807) is 0 Å². The second-order valence-corrected chi connectivity index (χ2v) is 1.04. The molecule has 0 atom stereocenters. The number of carbonyl (C=O) groups is 1. The number of carbonyl (C=O) groups excluding carboxylic acids is 1. The Kier molecular flexibility index (Phi) is 2.08. The quantitative estimate of drug-likeness (QED) is 0.372. The first kappa shape index (κ1) is 8.28. The van der Waals surface area contributed by atoms with Crippen LogP contribution in [0.4, 0.5) is 22.1 Å². The monoisotopic (exact) mass is 149 g/mol. The average Bonchev–Trinajstić information content (AvgIpc) is 1.62. The molecule has 0 aliphatic heterocycles. The molecule has 1 amide bonds. The van der Waals surface area contributed by atoms with Gasteiger partial charge in [0.15, 0.2) is 0 Å². The van der Waals surface area contributed by atoms with Gasteiger partial charge in [0.05, 0.1) is 0 Å². The molecule has 0 rings (SSSR count). The van der Waals surface area contributed by atoms with E-state index in [9.17, 15) is 26.9 Å². The minimum atomic E-state index is -5.48. The standard InChI is InChI=1S/C2F5NO/c3-2(4,5)1(9)8(6)7/q+1. The molecular formula is C2F5NO+. The lowest BCUT2D eigenvalue weighted by Crippen LogP contribution is -2.34. The summed E-state index contributed by atoms with van der Waals surface area (Å²) in [5.41, 5.74) is 0. The molecule has 0 spiro atoms. The second kappa shape index (κ2) is 2.26. The van der Waals surface area contributed by atoms with Crippen molar-refractivity contribution in [1.82, 2.24) is 5.34 Å². The molecule has 0 aromatic rings. The van der Waals surface area contributed by atoms with Crippen molar-refractivity contribution < 1.29 is 26.9 Å². The predicted molar refractivity (Wildman–Crippen MR) is 15.4 cm³/mol. The Hall–Kier alpha value is -0.720. The summed E-state index contributed by atoms with van der Waals surface area (Å²) in [7, 11) is 0. The summed E-state index contributed by atoms with van der Waals surface area (Å²) in [4.78, 5) is 9.22. The highest BCUT2D eigenvalue weighted by Gasteiger charge is 2.56. The van der Waals surface area contributed by atoms with Gasteiger partial charge in [-0.3, -0.25) is 0 Å². The third kappa shape index (κ3) is 2.36. The fourth-order valence-corrected chi connectivity index (χ4v) is 0.0958. The molecule has 0 fully saturated rings. The van der Waals surface area contributed by atoms with Crippen LogP contribution in [0.5, 0.6) is 0 Å². The normalized spacial score (nSPS) is 12.2. The van der Waals surface area contributed by atoms with Crippen LogP contribution in [0, 0.1) is 0 Å². The molecule has 1 radical (unpaired) electrons. The van der Waals surface area contributed by atoms with Crippen LogP contribution in [0.25, 0.3) is 0 Å². The average molecular weight is 149 g/mol. The molecule has 0 aromatic heterocycles.